The second-order valence-corrected chi connectivity index (χ2v) is 7.44. The zero-order valence-corrected chi connectivity index (χ0v) is 16.6. The van der Waals surface area contributed by atoms with Crippen LogP contribution in [0.1, 0.15) is 46.8 Å². The van der Waals surface area contributed by atoms with Crippen LogP contribution in [0.3, 0.4) is 0 Å². The lowest BCUT2D eigenvalue weighted by molar-refractivity contribution is 0.0730. The van der Waals surface area contributed by atoms with Gasteiger partial charge in [-0.15, -0.1) is 0 Å². The number of aromatic nitrogens is 3. The summed E-state index contributed by atoms with van der Waals surface area (Å²) in [7, 11) is 0. The van der Waals surface area contributed by atoms with Crippen LogP contribution in [0.2, 0.25) is 0 Å². The summed E-state index contributed by atoms with van der Waals surface area (Å²) in [6.45, 7) is 4.44. The van der Waals surface area contributed by atoms with E-state index in [1.807, 2.05) is 18.7 Å². The molecule has 1 saturated heterocycles. The number of nitrogens with zero attached hydrogens (tertiary/aromatic N) is 4. The number of hydrogen-bond acceptors (Lipinski definition) is 5. The first-order valence-electron chi connectivity index (χ1n) is 9.83. The van der Waals surface area contributed by atoms with Crippen molar-refractivity contribution in [3.63, 3.8) is 0 Å². The quantitative estimate of drug-likeness (QED) is 0.651. The van der Waals surface area contributed by atoms with E-state index in [1.54, 1.807) is 24.5 Å². The molecule has 1 fully saturated rings. The number of aryl methyl sites for hydroxylation is 3. The van der Waals surface area contributed by atoms with E-state index in [2.05, 4.69) is 15.1 Å². The highest BCUT2D eigenvalue weighted by Gasteiger charge is 2.29. The Hall–Kier alpha value is -3.09. The maximum Gasteiger partial charge on any atom is 0.254 e. The van der Waals surface area contributed by atoms with Gasteiger partial charge in [-0.25, -0.2) is 4.39 Å². The lowest BCUT2D eigenvalue weighted by Gasteiger charge is -2.24. The fourth-order valence-corrected chi connectivity index (χ4v) is 3.97. The summed E-state index contributed by atoms with van der Waals surface area (Å²) in [6.07, 6.45) is 6.96. The Labute approximate surface area is 168 Å². The Bertz CT molecular complexity index is 996. The van der Waals surface area contributed by atoms with Crippen molar-refractivity contribution in [2.75, 3.05) is 6.54 Å². The van der Waals surface area contributed by atoms with Gasteiger partial charge in [0, 0.05) is 24.3 Å². The molecular formula is C22H23FN4O2. The van der Waals surface area contributed by atoms with Gasteiger partial charge in [-0.05, 0) is 57.7 Å². The van der Waals surface area contributed by atoms with Crippen LogP contribution in [0.4, 0.5) is 4.39 Å². The third kappa shape index (κ3) is 4.04. The third-order valence-corrected chi connectivity index (χ3v) is 5.44. The molecule has 0 spiro atoms. The predicted octanol–water partition coefficient (Wildman–Crippen LogP) is 4.12. The van der Waals surface area contributed by atoms with Crippen LogP contribution in [0.15, 0.2) is 41.2 Å². The van der Waals surface area contributed by atoms with Gasteiger partial charge in [0.1, 0.15) is 11.6 Å². The molecule has 1 amide bonds. The van der Waals surface area contributed by atoms with Crippen LogP contribution in [0.25, 0.3) is 11.3 Å². The largest absolute Gasteiger partial charge is 0.361 e. The number of amides is 1. The fourth-order valence-electron chi connectivity index (χ4n) is 3.97. The zero-order chi connectivity index (χ0) is 20.4. The number of carbonyl (C=O) groups excluding carboxylic acids is 1. The molecule has 3 aromatic rings. The van der Waals surface area contributed by atoms with Crippen LogP contribution in [0, 0.1) is 19.7 Å². The van der Waals surface area contributed by atoms with Crippen molar-refractivity contribution in [3.05, 3.63) is 65.2 Å². The molecule has 0 unspecified atom stereocenters. The van der Waals surface area contributed by atoms with Gasteiger partial charge in [-0.1, -0.05) is 11.2 Å². The molecule has 1 aliphatic heterocycles. The number of halogens is 1. The van der Waals surface area contributed by atoms with Crippen LogP contribution in [0.5, 0.6) is 0 Å². The summed E-state index contributed by atoms with van der Waals surface area (Å²) in [5, 5.41) is 3.96. The SMILES string of the molecule is Cc1noc(C)c1-c1cnc(CC[C@H]2CCCN2C(=O)c2cccc(F)c2)cn1. The van der Waals surface area contributed by atoms with Gasteiger partial charge in [0.15, 0.2) is 0 Å². The van der Waals surface area contributed by atoms with E-state index in [1.165, 1.54) is 12.1 Å². The number of likely N-dealkylation sites (tertiary alicyclic amines) is 1. The molecule has 29 heavy (non-hydrogen) atoms. The molecule has 0 aliphatic carbocycles. The van der Waals surface area contributed by atoms with Crippen LogP contribution < -0.4 is 0 Å². The minimum atomic E-state index is -0.389. The lowest BCUT2D eigenvalue weighted by atomic mass is 10.1. The molecule has 2 aromatic heterocycles. The third-order valence-electron chi connectivity index (χ3n) is 5.44. The van der Waals surface area contributed by atoms with E-state index in [9.17, 15) is 9.18 Å². The van der Waals surface area contributed by atoms with Crippen molar-refractivity contribution in [2.45, 2.75) is 45.6 Å². The van der Waals surface area contributed by atoms with Gasteiger partial charge in [-0.3, -0.25) is 14.8 Å². The average Bonchev–Trinajstić information content (AvgIpc) is 3.32. The van der Waals surface area contributed by atoms with E-state index in [-0.39, 0.29) is 17.8 Å². The highest BCUT2D eigenvalue weighted by molar-refractivity contribution is 5.94. The van der Waals surface area contributed by atoms with E-state index < -0.39 is 0 Å². The van der Waals surface area contributed by atoms with Crippen molar-refractivity contribution in [1.82, 2.24) is 20.0 Å². The first kappa shape index (κ1) is 19.2. The second kappa shape index (κ2) is 8.11. The summed E-state index contributed by atoms with van der Waals surface area (Å²) in [4.78, 5) is 23.7. The van der Waals surface area contributed by atoms with Crippen LogP contribution in [-0.2, 0) is 6.42 Å². The van der Waals surface area contributed by atoms with E-state index >= 15 is 0 Å². The standard InChI is InChI=1S/C22H23FN4O2/c1-14-21(15(2)29-26-14)20-13-24-18(12-25-20)8-9-19-7-4-10-27(19)22(28)16-5-3-6-17(23)11-16/h3,5-6,11-13,19H,4,7-10H2,1-2H3/t19-/m1/s1. The Morgan fingerprint density at radius 2 is 2.14 bits per heavy atom. The Kier molecular flexibility index (Phi) is 5.38. The normalized spacial score (nSPS) is 16.4. The van der Waals surface area contributed by atoms with Crippen LogP contribution >= 0.6 is 0 Å². The monoisotopic (exact) mass is 394 g/mol. The number of hydrogen-bond donors (Lipinski definition) is 0. The summed E-state index contributed by atoms with van der Waals surface area (Å²) >= 11 is 0. The van der Waals surface area contributed by atoms with Crippen molar-refractivity contribution in [3.8, 4) is 11.3 Å². The highest BCUT2D eigenvalue weighted by Crippen LogP contribution is 2.26. The minimum absolute atomic E-state index is 0.105. The molecule has 7 heteroatoms. The Balaban J connectivity index is 1.41. The summed E-state index contributed by atoms with van der Waals surface area (Å²) in [5.41, 5.74) is 3.70. The number of rotatable bonds is 5. The van der Waals surface area contributed by atoms with Crippen LogP contribution in [-0.4, -0.2) is 38.5 Å². The van der Waals surface area contributed by atoms with E-state index in [4.69, 9.17) is 4.52 Å². The maximum atomic E-state index is 13.5. The predicted molar refractivity (Wildman–Crippen MR) is 106 cm³/mol. The van der Waals surface area contributed by atoms with Gasteiger partial charge in [0.25, 0.3) is 5.91 Å². The number of carbonyl (C=O) groups is 1. The molecule has 3 heterocycles. The smallest absolute Gasteiger partial charge is 0.254 e. The lowest BCUT2D eigenvalue weighted by Crippen LogP contribution is -2.35. The molecule has 0 N–H and O–H groups in total. The highest BCUT2D eigenvalue weighted by atomic mass is 19.1. The molecule has 150 valence electrons. The van der Waals surface area contributed by atoms with Gasteiger partial charge in [0.2, 0.25) is 0 Å². The second-order valence-electron chi connectivity index (χ2n) is 7.44. The first-order valence-corrected chi connectivity index (χ1v) is 9.83. The molecule has 6 nitrogen and oxygen atoms in total. The number of benzene rings is 1. The molecule has 0 radical (unpaired) electrons. The van der Waals surface area contributed by atoms with E-state index in [0.29, 0.717) is 12.1 Å². The Morgan fingerprint density at radius 3 is 2.83 bits per heavy atom. The molecule has 0 bridgehead atoms. The summed E-state index contributed by atoms with van der Waals surface area (Å²) in [5.74, 6) is 0.231. The summed E-state index contributed by atoms with van der Waals surface area (Å²) in [6, 6.07) is 6.03. The van der Waals surface area contributed by atoms with Crippen molar-refractivity contribution in [1.29, 1.82) is 0 Å². The molecule has 1 aliphatic rings. The minimum Gasteiger partial charge on any atom is -0.361 e. The van der Waals surface area contributed by atoms with Gasteiger partial charge < -0.3 is 9.42 Å². The first-order chi connectivity index (χ1) is 14.0. The maximum absolute atomic E-state index is 13.5. The topological polar surface area (TPSA) is 72.1 Å². The molecular weight excluding hydrogens is 371 g/mol. The Morgan fingerprint density at radius 1 is 1.28 bits per heavy atom. The van der Waals surface area contributed by atoms with Crippen molar-refractivity contribution in [2.24, 2.45) is 0 Å². The fraction of sp³-hybridized carbons (Fsp3) is 0.364. The van der Waals surface area contributed by atoms with Gasteiger partial charge in [0.05, 0.1) is 28.8 Å². The molecule has 4 rings (SSSR count). The molecule has 1 atom stereocenters. The van der Waals surface area contributed by atoms with Crippen molar-refractivity contribution >= 4 is 5.91 Å². The zero-order valence-electron chi connectivity index (χ0n) is 16.6. The average molecular weight is 394 g/mol. The van der Waals surface area contributed by atoms with Crippen molar-refractivity contribution < 1.29 is 13.7 Å². The van der Waals surface area contributed by atoms with Gasteiger partial charge >= 0.3 is 0 Å². The van der Waals surface area contributed by atoms with Gasteiger partial charge in [-0.2, -0.15) is 0 Å². The molecule has 0 saturated carbocycles. The van der Waals surface area contributed by atoms with E-state index in [0.717, 1.165) is 54.1 Å². The summed E-state index contributed by atoms with van der Waals surface area (Å²) < 4.78 is 18.7. The molecule has 1 aromatic carbocycles.